The molecule has 0 unspecified atom stereocenters. The van der Waals surface area contributed by atoms with E-state index in [9.17, 15) is 4.79 Å². The molecule has 1 aliphatic heterocycles. The molecule has 3 aromatic rings. The van der Waals surface area contributed by atoms with Gasteiger partial charge in [-0.05, 0) is 60.1 Å². The van der Waals surface area contributed by atoms with E-state index in [1.807, 2.05) is 54.6 Å². The number of likely N-dealkylation sites (tertiary alicyclic amines) is 1. The van der Waals surface area contributed by atoms with Gasteiger partial charge in [-0.1, -0.05) is 43.0 Å². The van der Waals surface area contributed by atoms with Gasteiger partial charge in [-0.3, -0.25) is 9.36 Å². The molecule has 0 amide bonds. The Bertz CT molecular complexity index is 1200. The van der Waals surface area contributed by atoms with E-state index in [4.69, 9.17) is 4.74 Å². The van der Waals surface area contributed by atoms with Crippen molar-refractivity contribution in [1.29, 1.82) is 0 Å². The second-order valence-corrected chi connectivity index (χ2v) is 8.39. The zero-order chi connectivity index (χ0) is 22.3. The van der Waals surface area contributed by atoms with Crippen LogP contribution >= 0.6 is 0 Å². The molecule has 1 fully saturated rings. The normalized spacial score (nSPS) is 14.6. The lowest BCUT2D eigenvalue weighted by Crippen LogP contribution is -2.32. The number of aromatic nitrogens is 1. The summed E-state index contributed by atoms with van der Waals surface area (Å²) in [6.07, 6.45) is 6.52. The minimum Gasteiger partial charge on any atom is -0.489 e. The van der Waals surface area contributed by atoms with Gasteiger partial charge in [0.25, 0.3) is 5.56 Å². The molecule has 4 rings (SSSR count). The highest BCUT2D eigenvalue weighted by Crippen LogP contribution is 2.11. The first-order valence-corrected chi connectivity index (χ1v) is 11.2. The number of hydrogen-bond donors (Lipinski definition) is 0. The summed E-state index contributed by atoms with van der Waals surface area (Å²) in [6, 6.07) is 19.2. The summed E-state index contributed by atoms with van der Waals surface area (Å²) < 4.78 is 7.39. The van der Waals surface area contributed by atoms with Gasteiger partial charge in [-0.15, -0.1) is 0 Å². The van der Waals surface area contributed by atoms with Gasteiger partial charge in [0.05, 0.1) is 0 Å². The van der Waals surface area contributed by atoms with Crippen molar-refractivity contribution in [2.75, 3.05) is 33.2 Å². The number of hydrogen-bond acceptors (Lipinski definition) is 4. The third-order valence-electron chi connectivity index (χ3n) is 5.87. The first-order valence-electron chi connectivity index (χ1n) is 11.2. The van der Waals surface area contributed by atoms with Crippen LogP contribution in [0.15, 0.2) is 71.7 Å². The molecule has 0 bridgehead atoms. The minimum absolute atomic E-state index is 0.130. The lowest BCUT2D eigenvalue weighted by Gasteiger charge is -2.19. The Balaban J connectivity index is 1.43. The van der Waals surface area contributed by atoms with Crippen LogP contribution in [0.3, 0.4) is 0 Å². The summed E-state index contributed by atoms with van der Waals surface area (Å²) in [6.45, 7) is 9.15. The van der Waals surface area contributed by atoms with Crippen molar-refractivity contribution in [1.82, 2.24) is 14.4 Å². The van der Waals surface area contributed by atoms with E-state index in [1.54, 1.807) is 10.8 Å². The first kappa shape index (κ1) is 21.9. The molecule has 0 radical (unpaired) electrons. The number of ether oxygens (including phenoxy) is 1. The zero-order valence-corrected chi connectivity index (χ0v) is 18.7. The molecule has 5 heteroatoms. The van der Waals surface area contributed by atoms with Crippen molar-refractivity contribution >= 4 is 12.8 Å². The van der Waals surface area contributed by atoms with Gasteiger partial charge in [0.15, 0.2) is 0 Å². The van der Waals surface area contributed by atoms with E-state index in [-0.39, 0.29) is 5.56 Å². The van der Waals surface area contributed by atoms with E-state index >= 15 is 0 Å². The average Bonchev–Trinajstić information content (AvgIpc) is 3.32. The fourth-order valence-electron chi connectivity index (χ4n) is 3.98. The maximum atomic E-state index is 12.7. The van der Waals surface area contributed by atoms with Gasteiger partial charge in [-0.25, -0.2) is 0 Å². The fourth-order valence-corrected chi connectivity index (χ4v) is 3.98. The average molecular weight is 430 g/mol. The van der Waals surface area contributed by atoms with Gasteiger partial charge in [0, 0.05) is 44.3 Å². The Morgan fingerprint density at radius 2 is 1.84 bits per heavy atom. The van der Waals surface area contributed by atoms with Crippen molar-refractivity contribution < 1.29 is 4.74 Å². The Kier molecular flexibility index (Phi) is 7.07. The van der Waals surface area contributed by atoms with Crippen LogP contribution in [0, 0.1) is 0 Å². The number of pyridine rings is 1. The first-order chi connectivity index (χ1) is 15.6. The molecule has 0 aliphatic carbocycles. The van der Waals surface area contributed by atoms with Crippen molar-refractivity contribution in [3.8, 4) is 11.4 Å². The Morgan fingerprint density at radius 1 is 1.06 bits per heavy atom. The van der Waals surface area contributed by atoms with E-state index in [0.717, 1.165) is 34.8 Å². The maximum Gasteiger partial charge on any atom is 0.258 e. The Hall–Kier alpha value is -3.31. The highest BCUT2D eigenvalue weighted by Gasteiger charge is 2.10. The van der Waals surface area contributed by atoms with Crippen LogP contribution in [0.1, 0.15) is 18.4 Å². The maximum absolute atomic E-state index is 12.7. The number of rotatable bonds is 8. The smallest absolute Gasteiger partial charge is 0.258 e. The van der Waals surface area contributed by atoms with Gasteiger partial charge >= 0.3 is 0 Å². The van der Waals surface area contributed by atoms with Gasteiger partial charge in [0.1, 0.15) is 12.4 Å². The molecular weight excluding hydrogens is 398 g/mol. The molecule has 2 heterocycles. The van der Waals surface area contributed by atoms with Crippen molar-refractivity contribution in [2.45, 2.75) is 19.4 Å². The van der Waals surface area contributed by atoms with Crippen LogP contribution in [0.5, 0.6) is 5.75 Å². The van der Waals surface area contributed by atoms with Gasteiger partial charge in [-0.2, -0.15) is 0 Å². The van der Waals surface area contributed by atoms with Gasteiger partial charge < -0.3 is 14.5 Å². The van der Waals surface area contributed by atoms with E-state index in [2.05, 4.69) is 29.6 Å². The molecule has 1 aromatic heterocycles. The molecule has 32 heavy (non-hydrogen) atoms. The molecule has 0 N–H and O–H groups in total. The third-order valence-corrected chi connectivity index (χ3v) is 5.87. The third kappa shape index (κ3) is 5.68. The quantitative estimate of drug-likeness (QED) is 0.552. The van der Waals surface area contributed by atoms with Crippen LogP contribution in [0.4, 0.5) is 0 Å². The number of nitrogens with zero attached hydrogens (tertiary/aromatic N) is 3. The van der Waals surface area contributed by atoms with Crippen LogP contribution in [-0.4, -0.2) is 47.6 Å². The van der Waals surface area contributed by atoms with Crippen molar-refractivity contribution in [3.05, 3.63) is 93.2 Å². The molecule has 1 saturated heterocycles. The van der Waals surface area contributed by atoms with Crippen LogP contribution < -0.4 is 20.7 Å². The molecule has 0 saturated carbocycles. The lowest BCUT2D eigenvalue weighted by molar-refractivity contribution is 0.305. The van der Waals surface area contributed by atoms with Crippen LogP contribution in [0.25, 0.3) is 18.5 Å². The molecule has 5 nitrogen and oxygen atoms in total. The SMILES string of the molecule is C=c1cc(-n2ccc(OCc3ccccc3)cc2=O)cc/c1=C/N(C)CCN1CCCC1. The molecule has 1 aliphatic rings. The molecule has 0 spiro atoms. The fraction of sp³-hybridized carbons (Fsp3) is 0.296. The number of benzene rings is 2. The van der Waals surface area contributed by atoms with Crippen LogP contribution in [-0.2, 0) is 6.61 Å². The van der Waals surface area contributed by atoms with E-state index in [0.29, 0.717) is 12.4 Å². The van der Waals surface area contributed by atoms with Gasteiger partial charge in [0.2, 0.25) is 0 Å². The molecule has 0 atom stereocenters. The molecule has 166 valence electrons. The Labute approximate surface area is 189 Å². The second-order valence-electron chi connectivity index (χ2n) is 8.39. The summed E-state index contributed by atoms with van der Waals surface area (Å²) in [4.78, 5) is 17.4. The largest absolute Gasteiger partial charge is 0.489 e. The minimum atomic E-state index is -0.130. The summed E-state index contributed by atoms with van der Waals surface area (Å²) in [7, 11) is 2.10. The predicted molar refractivity (Wildman–Crippen MR) is 130 cm³/mol. The predicted octanol–water partition coefficient (Wildman–Crippen LogP) is 2.59. The molecular formula is C27H31N3O2. The summed E-state index contributed by atoms with van der Waals surface area (Å²) in [5, 5.41) is 1.96. The van der Waals surface area contributed by atoms with Crippen molar-refractivity contribution in [2.24, 2.45) is 0 Å². The highest BCUT2D eigenvalue weighted by molar-refractivity contribution is 5.38. The molecule has 2 aromatic carbocycles. The monoisotopic (exact) mass is 429 g/mol. The highest BCUT2D eigenvalue weighted by atomic mass is 16.5. The summed E-state index contributed by atoms with van der Waals surface area (Å²) >= 11 is 0. The van der Waals surface area contributed by atoms with E-state index < -0.39 is 0 Å². The Morgan fingerprint density at radius 3 is 2.56 bits per heavy atom. The standard InChI is InChI=1S/C27H31N3O2/c1-22-18-25(11-10-24(22)20-28(2)16-17-29-13-6-7-14-29)30-15-12-26(19-27(30)31)32-21-23-8-4-3-5-9-23/h3-5,8-12,15,18-20H,1,6-7,13-14,16-17,21H2,2H3/b24-20-. The second kappa shape index (κ2) is 10.3. The van der Waals surface area contributed by atoms with Crippen molar-refractivity contribution in [3.63, 3.8) is 0 Å². The number of likely N-dealkylation sites (N-methyl/N-ethyl adjacent to an activating group) is 1. The summed E-state index contributed by atoms with van der Waals surface area (Å²) in [5.74, 6) is 0.564. The van der Waals surface area contributed by atoms with Crippen LogP contribution in [0.2, 0.25) is 0 Å². The lowest BCUT2D eigenvalue weighted by atomic mass is 10.2. The zero-order valence-electron chi connectivity index (χ0n) is 18.7. The van der Waals surface area contributed by atoms with E-state index in [1.165, 1.54) is 32.0 Å². The topological polar surface area (TPSA) is 37.7 Å². The summed E-state index contributed by atoms with van der Waals surface area (Å²) in [5.41, 5.74) is 1.73.